The average Bonchev–Trinajstić information content (AvgIpc) is 2.38. The smallest absolute Gasteiger partial charge is 0.305 e. The number of nitrogens with zero attached hydrogens (tertiary/aromatic N) is 1. The van der Waals surface area contributed by atoms with E-state index in [0.29, 0.717) is 0 Å². The van der Waals surface area contributed by atoms with Gasteiger partial charge in [0.15, 0.2) is 9.84 Å². The normalized spacial score (nSPS) is 21.0. The van der Waals surface area contributed by atoms with Gasteiger partial charge in [0.25, 0.3) is 0 Å². The minimum absolute atomic E-state index is 0.0615. The first kappa shape index (κ1) is 15.5. The second-order valence-electron chi connectivity index (χ2n) is 5.12. The zero-order valence-electron chi connectivity index (χ0n) is 11.4. The lowest BCUT2D eigenvalue weighted by atomic mass is 10.1. The van der Waals surface area contributed by atoms with Crippen LogP contribution < -0.4 is 0 Å². The fraction of sp³-hybridized carbons (Fsp3) is 0.429. The summed E-state index contributed by atoms with van der Waals surface area (Å²) in [7, 11) is -3.27. The zero-order valence-corrected chi connectivity index (χ0v) is 12.3. The number of carbonyl (C=O) groups is 2. The van der Waals surface area contributed by atoms with Gasteiger partial charge in [-0.15, -0.1) is 0 Å². The summed E-state index contributed by atoms with van der Waals surface area (Å²) in [5, 5.41) is 8.89. The molecule has 21 heavy (non-hydrogen) atoms. The van der Waals surface area contributed by atoms with E-state index in [2.05, 4.69) is 0 Å². The number of amides is 1. The molecule has 1 aromatic rings. The Morgan fingerprint density at radius 1 is 1.24 bits per heavy atom. The Hall–Kier alpha value is -1.89. The van der Waals surface area contributed by atoms with Crippen LogP contribution in [0.4, 0.5) is 0 Å². The molecular weight excluding hydrogens is 294 g/mol. The summed E-state index contributed by atoms with van der Waals surface area (Å²) in [5.41, 5.74) is 0.824. The topological polar surface area (TPSA) is 91.8 Å². The molecule has 1 atom stereocenters. The van der Waals surface area contributed by atoms with Gasteiger partial charge in [0.1, 0.15) is 0 Å². The number of aliphatic carboxylic acids is 1. The third-order valence-corrected chi connectivity index (χ3v) is 5.16. The zero-order chi connectivity index (χ0) is 15.5. The molecule has 1 aliphatic heterocycles. The van der Waals surface area contributed by atoms with Gasteiger partial charge in [-0.25, -0.2) is 8.42 Å². The molecule has 0 radical (unpaired) electrons. The molecule has 1 N–H and O–H groups in total. The van der Waals surface area contributed by atoms with Crippen molar-refractivity contribution in [2.45, 2.75) is 18.9 Å². The summed E-state index contributed by atoms with van der Waals surface area (Å²) in [6, 6.07) is 8.32. The molecule has 0 bridgehead atoms. The maximum absolute atomic E-state index is 12.3. The van der Waals surface area contributed by atoms with Crippen molar-refractivity contribution in [3.8, 4) is 0 Å². The first-order chi connectivity index (χ1) is 9.87. The van der Waals surface area contributed by atoms with Crippen LogP contribution >= 0.6 is 0 Å². The highest BCUT2D eigenvalue weighted by Crippen LogP contribution is 2.17. The lowest BCUT2D eigenvalue weighted by Gasteiger charge is -2.34. The Kier molecular flexibility index (Phi) is 4.62. The molecule has 0 aliphatic carbocycles. The van der Waals surface area contributed by atoms with Gasteiger partial charge in [-0.05, 0) is 5.56 Å². The Balaban J connectivity index is 2.11. The standard InChI is InChI=1S/C14H17NO5S/c16-13(8-11-4-2-1-3-5-11)15-6-7-21(19,20)10-12(15)9-14(17)18/h1-5,12H,6-10H2,(H,17,18). The van der Waals surface area contributed by atoms with Crippen molar-refractivity contribution in [2.24, 2.45) is 0 Å². The van der Waals surface area contributed by atoms with Crippen molar-refractivity contribution in [3.05, 3.63) is 35.9 Å². The van der Waals surface area contributed by atoms with E-state index in [9.17, 15) is 18.0 Å². The van der Waals surface area contributed by atoms with Gasteiger partial charge in [0, 0.05) is 6.54 Å². The molecule has 7 heteroatoms. The molecule has 0 aromatic heterocycles. The van der Waals surface area contributed by atoms with E-state index in [1.165, 1.54) is 4.90 Å². The monoisotopic (exact) mass is 311 g/mol. The molecule has 0 spiro atoms. The molecular formula is C14H17NO5S. The van der Waals surface area contributed by atoms with Crippen LogP contribution in [0.25, 0.3) is 0 Å². The number of carbonyl (C=O) groups excluding carboxylic acids is 1. The number of hydrogen-bond donors (Lipinski definition) is 1. The number of sulfone groups is 1. The van der Waals surface area contributed by atoms with Gasteiger partial charge in [0.05, 0.1) is 30.4 Å². The van der Waals surface area contributed by atoms with E-state index in [1.54, 1.807) is 0 Å². The third kappa shape index (κ3) is 4.29. The van der Waals surface area contributed by atoms with Gasteiger partial charge in [-0.2, -0.15) is 0 Å². The number of hydrogen-bond acceptors (Lipinski definition) is 4. The Bertz CT molecular complexity index is 626. The molecule has 1 unspecified atom stereocenters. The third-order valence-electron chi connectivity index (χ3n) is 3.46. The van der Waals surface area contributed by atoms with Crippen molar-refractivity contribution in [2.75, 3.05) is 18.1 Å². The Morgan fingerprint density at radius 2 is 1.90 bits per heavy atom. The highest BCUT2D eigenvalue weighted by Gasteiger charge is 2.35. The number of carboxylic acids is 1. The van der Waals surface area contributed by atoms with Crippen molar-refractivity contribution in [3.63, 3.8) is 0 Å². The second kappa shape index (κ2) is 6.26. The first-order valence-corrected chi connectivity index (χ1v) is 8.45. The van der Waals surface area contributed by atoms with Gasteiger partial charge < -0.3 is 10.0 Å². The Morgan fingerprint density at radius 3 is 2.52 bits per heavy atom. The largest absolute Gasteiger partial charge is 0.481 e. The van der Waals surface area contributed by atoms with E-state index in [1.807, 2.05) is 30.3 Å². The van der Waals surface area contributed by atoms with Crippen LogP contribution in [0.1, 0.15) is 12.0 Å². The van der Waals surface area contributed by atoms with Crippen molar-refractivity contribution >= 4 is 21.7 Å². The van der Waals surface area contributed by atoms with E-state index in [-0.39, 0.29) is 36.8 Å². The molecule has 1 aromatic carbocycles. The first-order valence-electron chi connectivity index (χ1n) is 6.63. The summed E-state index contributed by atoms with van der Waals surface area (Å²) in [4.78, 5) is 24.6. The maximum Gasteiger partial charge on any atom is 0.305 e. The fourth-order valence-corrected chi connectivity index (χ4v) is 3.98. The molecule has 1 fully saturated rings. The second-order valence-corrected chi connectivity index (χ2v) is 7.34. The lowest BCUT2D eigenvalue weighted by molar-refractivity contribution is -0.140. The van der Waals surface area contributed by atoms with Crippen LogP contribution in [0.15, 0.2) is 30.3 Å². The van der Waals surface area contributed by atoms with Crippen molar-refractivity contribution in [1.82, 2.24) is 4.90 Å². The van der Waals surface area contributed by atoms with E-state index >= 15 is 0 Å². The van der Waals surface area contributed by atoms with Crippen LogP contribution in [-0.2, 0) is 25.8 Å². The fourth-order valence-electron chi connectivity index (χ4n) is 2.46. The highest BCUT2D eigenvalue weighted by atomic mass is 32.2. The van der Waals surface area contributed by atoms with Gasteiger partial charge >= 0.3 is 5.97 Å². The van der Waals surface area contributed by atoms with Crippen LogP contribution in [-0.4, -0.2) is 54.4 Å². The lowest BCUT2D eigenvalue weighted by Crippen LogP contribution is -2.52. The van der Waals surface area contributed by atoms with E-state index in [0.717, 1.165) is 5.56 Å². The molecule has 2 rings (SSSR count). The SMILES string of the molecule is O=C(O)CC1CS(=O)(=O)CCN1C(=O)Cc1ccccc1. The van der Waals surface area contributed by atoms with Crippen molar-refractivity contribution in [1.29, 1.82) is 0 Å². The molecule has 1 saturated heterocycles. The van der Waals surface area contributed by atoms with Gasteiger partial charge in [-0.1, -0.05) is 30.3 Å². The summed E-state index contributed by atoms with van der Waals surface area (Å²) >= 11 is 0. The molecule has 1 aliphatic rings. The van der Waals surface area contributed by atoms with E-state index < -0.39 is 21.8 Å². The van der Waals surface area contributed by atoms with Crippen molar-refractivity contribution < 1.29 is 23.1 Å². The molecule has 0 saturated carbocycles. The quantitative estimate of drug-likeness (QED) is 0.865. The molecule has 6 nitrogen and oxygen atoms in total. The minimum atomic E-state index is -3.27. The number of rotatable bonds is 4. The summed E-state index contributed by atoms with van der Waals surface area (Å²) in [5.74, 6) is -1.72. The maximum atomic E-state index is 12.3. The van der Waals surface area contributed by atoms with Gasteiger partial charge in [0.2, 0.25) is 5.91 Å². The molecule has 1 amide bonds. The van der Waals surface area contributed by atoms with Crippen LogP contribution in [0.2, 0.25) is 0 Å². The van der Waals surface area contributed by atoms with E-state index in [4.69, 9.17) is 5.11 Å². The Labute approximate surface area is 123 Å². The van der Waals surface area contributed by atoms with Crippen LogP contribution in [0.5, 0.6) is 0 Å². The number of carboxylic acid groups (broad SMARTS) is 1. The molecule has 114 valence electrons. The molecule has 1 heterocycles. The average molecular weight is 311 g/mol. The van der Waals surface area contributed by atoms with Crippen LogP contribution in [0, 0.1) is 0 Å². The van der Waals surface area contributed by atoms with Crippen LogP contribution in [0.3, 0.4) is 0 Å². The highest BCUT2D eigenvalue weighted by molar-refractivity contribution is 7.91. The predicted molar refractivity (Wildman–Crippen MR) is 76.6 cm³/mol. The number of benzene rings is 1. The summed E-state index contributed by atoms with van der Waals surface area (Å²) < 4.78 is 23.3. The summed E-state index contributed by atoms with van der Waals surface area (Å²) in [6.45, 7) is 0.0615. The predicted octanol–water partition coefficient (Wildman–Crippen LogP) is 0.329. The summed E-state index contributed by atoms with van der Waals surface area (Å²) in [6.07, 6.45) is -0.198. The minimum Gasteiger partial charge on any atom is -0.481 e. The van der Waals surface area contributed by atoms with Gasteiger partial charge in [-0.3, -0.25) is 9.59 Å².